The van der Waals surface area contributed by atoms with Crippen molar-refractivity contribution in [2.45, 2.75) is 83.8 Å². The van der Waals surface area contributed by atoms with Gasteiger partial charge in [-0.3, -0.25) is 4.55 Å². The Morgan fingerprint density at radius 1 is 0.920 bits per heavy atom. The van der Waals surface area contributed by atoms with E-state index in [0.29, 0.717) is 29.1 Å². The van der Waals surface area contributed by atoms with Crippen molar-refractivity contribution in [1.29, 1.82) is 0 Å². The quantitative estimate of drug-likeness (QED) is 0.724. The predicted molar refractivity (Wildman–Crippen MR) is 94.2 cm³/mol. The largest absolute Gasteiger partial charge is 0.397 e. The molecular weight excluding hydrogens is 340 g/mol. The van der Waals surface area contributed by atoms with E-state index in [4.69, 9.17) is 8.74 Å². The minimum absolute atomic E-state index is 0.123. The molecule has 8 atom stereocenters. The monoisotopic (exact) mass is 372 g/mol. The zero-order valence-corrected chi connectivity index (χ0v) is 16.2. The van der Waals surface area contributed by atoms with Gasteiger partial charge in [-0.1, -0.05) is 13.8 Å². The Kier molecular flexibility index (Phi) is 4.31. The van der Waals surface area contributed by atoms with Crippen molar-refractivity contribution < 1.29 is 22.3 Å². The second-order valence-electron chi connectivity index (χ2n) is 9.72. The van der Waals surface area contributed by atoms with Crippen molar-refractivity contribution in [2.75, 3.05) is 0 Å². The van der Waals surface area contributed by atoms with E-state index in [1.807, 2.05) is 0 Å². The van der Waals surface area contributed by atoms with Gasteiger partial charge in [-0.2, -0.15) is 8.42 Å². The van der Waals surface area contributed by atoms with E-state index in [1.165, 1.54) is 12.8 Å². The Balaban J connectivity index is 1.58. The minimum atomic E-state index is -4.39. The predicted octanol–water partition coefficient (Wildman–Crippen LogP) is 3.58. The first kappa shape index (κ1) is 18.2. The van der Waals surface area contributed by atoms with Crippen molar-refractivity contribution in [3.05, 3.63) is 0 Å². The van der Waals surface area contributed by atoms with E-state index in [1.54, 1.807) is 0 Å². The highest BCUT2D eigenvalue weighted by Gasteiger charge is 2.61. The summed E-state index contributed by atoms with van der Waals surface area (Å²) in [5, 5.41) is 10.1. The minimum Gasteiger partial charge on any atom is -0.393 e. The molecule has 0 amide bonds. The number of hydrogen-bond acceptors (Lipinski definition) is 4. The first-order valence-corrected chi connectivity index (χ1v) is 11.3. The fourth-order valence-corrected chi connectivity index (χ4v) is 8.10. The lowest BCUT2D eigenvalue weighted by Crippen LogP contribution is -2.54. The Morgan fingerprint density at radius 3 is 2.32 bits per heavy atom. The van der Waals surface area contributed by atoms with Crippen LogP contribution < -0.4 is 0 Å². The summed E-state index contributed by atoms with van der Waals surface area (Å²) in [7, 11) is -4.39. The van der Waals surface area contributed by atoms with Gasteiger partial charge in [-0.05, 0) is 92.3 Å². The van der Waals surface area contributed by atoms with Crippen LogP contribution in [0.1, 0.15) is 71.6 Å². The second-order valence-corrected chi connectivity index (χ2v) is 10.8. The molecule has 4 fully saturated rings. The lowest BCUT2D eigenvalue weighted by atomic mass is 9.45. The molecule has 0 radical (unpaired) electrons. The molecule has 0 aromatic carbocycles. The van der Waals surface area contributed by atoms with E-state index in [2.05, 4.69) is 13.8 Å². The van der Waals surface area contributed by atoms with Crippen molar-refractivity contribution in [2.24, 2.45) is 34.5 Å². The maximum atomic E-state index is 11.3. The maximum absolute atomic E-state index is 11.3. The molecule has 3 unspecified atom stereocenters. The van der Waals surface area contributed by atoms with Crippen LogP contribution in [0.2, 0.25) is 0 Å². The zero-order chi connectivity index (χ0) is 18.0. The van der Waals surface area contributed by atoms with Crippen LogP contribution >= 0.6 is 0 Å². The Morgan fingerprint density at radius 2 is 1.60 bits per heavy atom. The van der Waals surface area contributed by atoms with Crippen molar-refractivity contribution in [1.82, 2.24) is 0 Å². The highest BCUT2D eigenvalue weighted by molar-refractivity contribution is 7.80. The molecule has 144 valence electrons. The Labute approximate surface area is 151 Å². The molecule has 0 spiro atoms. The van der Waals surface area contributed by atoms with Crippen LogP contribution in [0.5, 0.6) is 0 Å². The molecule has 4 rings (SSSR count). The van der Waals surface area contributed by atoms with Crippen LogP contribution in [0.3, 0.4) is 0 Å². The second kappa shape index (κ2) is 5.91. The molecule has 4 aliphatic carbocycles. The van der Waals surface area contributed by atoms with Crippen molar-refractivity contribution >= 4 is 10.4 Å². The van der Waals surface area contributed by atoms with Gasteiger partial charge in [0.2, 0.25) is 0 Å². The Hall–Kier alpha value is -0.170. The molecular formula is C19H32O5S. The summed E-state index contributed by atoms with van der Waals surface area (Å²) in [6, 6.07) is 0. The average molecular weight is 373 g/mol. The van der Waals surface area contributed by atoms with Gasteiger partial charge >= 0.3 is 10.4 Å². The maximum Gasteiger partial charge on any atom is 0.397 e. The fraction of sp³-hybridized carbons (Fsp3) is 1.00. The molecule has 4 aliphatic rings. The van der Waals surface area contributed by atoms with Crippen LogP contribution in [0.4, 0.5) is 0 Å². The van der Waals surface area contributed by atoms with Crippen LogP contribution in [0.25, 0.3) is 0 Å². The fourth-order valence-electron chi connectivity index (χ4n) is 7.49. The lowest BCUT2D eigenvalue weighted by molar-refractivity contribution is -0.131. The normalized spacial score (nSPS) is 53.0. The smallest absolute Gasteiger partial charge is 0.393 e. The van der Waals surface area contributed by atoms with Crippen molar-refractivity contribution in [3.63, 3.8) is 0 Å². The number of hydrogen-bond donors (Lipinski definition) is 2. The molecule has 0 aromatic heterocycles. The third-order valence-corrected chi connectivity index (χ3v) is 9.26. The first-order valence-electron chi connectivity index (χ1n) is 9.97. The summed E-state index contributed by atoms with van der Waals surface area (Å²) >= 11 is 0. The van der Waals surface area contributed by atoms with E-state index in [9.17, 15) is 13.5 Å². The highest BCUT2D eigenvalue weighted by atomic mass is 32.3. The van der Waals surface area contributed by atoms with Gasteiger partial charge in [0, 0.05) is 0 Å². The third kappa shape index (κ3) is 2.88. The third-order valence-electron chi connectivity index (χ3n) is 8.79. The van der Waals surface area contributed by atoms with Crippen molar-refractivity contribution in [3.8, 4) is 0 Å². The van der Waals surface area contributed by atoms with Gasteiger partial charge in [-0.25, -0.2) is 4.18 Å². The van der Waals surface area contributed by atoms with Gasteiger partial charge in [0.05, 0.1) is 12.2 Å². The molecule has 0 aliphatic heterocycles. The van der Waals surface area contributed by atoms with Crippen LogP contribution in [0, 0.1) is 34.5 Å². The average Bonchev–Trinajstić information content (AvgIpc) is 2.83. The van der Waals surface area contributed by atoms with E-state index < -0.39 is 10.4 Å². The molecule has 0 saturated heterocycles. The number of aliphatic hydroxyl groups excluding tert-OH is 1. The van der Waals surface area contributed by atoms with E-state index in [-0.39, 0.29) is 17.6 Å². The van der Waals surface area contributed by atoms with Crippen LogP contribution in [0.15, 0.2) is 0 Å². The molecule has 0 bridgehead atoms. The molecule has 2 N–H and O–H groups in total. The highest BCUT2D eigenvalue weighted by Crippen LogP contribution is 2.66. The van der Waals surface area contributed by atoms with Gasteiger partial charge in [0.1, 0.15) is 0 Å². The summed E-state index contributed by atoms with van der Waals surface area (Å²) in [4.78, 5) is 0. The van der Waals surface area contributed by atoms with Gasteiger partial charge in [-0.15, -0.1) is 0 Å². The standard InChI is InChI=1S/C19H32O5S/c1-18-9-7-13(20)11-12(18)3-4-14-15-5-6-17(24-25(21,22)23)19(15,2)10-8-16(14)18/h12-17,20H,3-11H2,1-2H3,(H,21,22,23)/t12?,13?,14-,15-,16-,17?,18-,19-/m0/s1. The molecule has 6 heteroatoms. The van der Waals surface area contributed by atoms with Gasteiger partial charge in [0.15, 0.2) is 0 Å². The summed E-state index contributed by atoms with van der Waals surface area (Å²) in [5.41, 5.74) is 0.180. The number of fused-ring (bicyclic) bond motifs is 5. The number of aliphatic hydroxyl groups is 1. The topological polar surface area (TPSA) is 83.8 Å². The summed E-state index contributed by atoms with van der Waals surface area (Å²) in [6.07, 6.45) is 8.69. The zero-order valence-electron chi connectivity index (χ0n) is 15.4. The van der Waals surface area contributed by atoms with Gasteiger partial charge in [0.25, 0.3) is 0 Å². The van der Waals surface area contributed by atoms with E-state index >= 15 is 0 Å². The molecule has 0 aromatic rings. The Bertz CT molecular complexity index is 634. The summed E-state index contributed by atoms with van der Waals surface area (Å²) in [6.45, 7) is 4.62. The first-order chi connectivity index (χ1) is 11.6. The summed E-state index contributed by atoms with van der Waals surface area (Å²) < 4.78 is 36.8. The summed E-state index contributed by atoms with van der Waals surface area (Å²) in [5.74, 6) is 2.43. The van der Waals surface area contributed by atoms with Gasteiger partial charge < -0.3 is 5.11 Å². The van der Waals surface area contributed by atoms with Crippen LogP contribution in [-0.2, 0) is 14.6 Å². The molecule has 25 heavy (non-hydrogen) atoms. The molecule has 4 saturated carbocycles. The van der Waals surface area contributed by atoms with E-state index in [0.717, 1.165) is 44.9 Å². The molecule has 5 nitrogen and oxygen atoms in total. The van der Waals surface area contributed by atoms with Crippen LogP contribution in [-0.4, -0.2) is 30.3 Å². The SMILES string of the molecule is C[C@]12CCC(O)CC1CC[C@@H]1[C@@H]2CC[C@]2(C)C(OS(=O)(=O)O)CC[C@@H]12. The number of rotatable bonds is 2. The lowest BCUT2D eigenvalue weighted by Gasteiger charge is -2.60. The molecule has 0 heterocycles.